The predicted molar refractivity (Wildman–Crippen MR) is 63.5 cm³/mol. The number of fused-ring (bicyclic) bond motifs is 1. The van der Waals surface area contributed by atoms with Crippen molar-refractivity contribution in [3.05, 3.63) is 25.6 Å². The Kier molecular flexibility index (Phi) is 2.85. The third-order valence-electron chi connectivity index (χ3n) is 2.41. The van der Waals surface area contributed by atoms with Crippen LogP contribution in [0, 0.1) is 11.3 Å². The molecule has 0 aliphatic carbocycles. The van der Waals surface area contributed by atoms with Crippen LogP contribution in [0.15, 0.2) is 14.3 Å². The number of aryl methyl sites for hydroxylation is 2. The molecule has 88 valence electrons. The Hall–Kier alpha value is -1.88. The predicted octanol–water partition coefficient (Wildman–Crippen LogP) is 0.0995. The second kappa shape index (κ2) is 4.18. The van der Waals surface area contributed by atoms with Crippen molar-refractivity contribution in [3.8, 4) is 6.07 Å². The molecular formula is C9H8BrN5O2. The van der Waals surface area contributed by atoms with Crippen molar-refractivity contribution in [1.82, 2.24) is 19.1 Å². The summed E-state index contributed by atoms with van der Waals surface area (Å²) in [6, 6.07) is 1.99. The van der Waals surface area contributed by atoms with Gasteiger partial charge in [0.2, 0.25) is 0 Å². The van der Waals surface area contributed by atoms with Gasteiger partial charge in [-0.1, -0.05) is 0 Å². The van der Waals surface area contributed by atoms with Crippen molar-refractivity contribution >= 4 is 27.1 Å². The average molecular weight is 298 g/mol. The van der Waals surface area contributed by atoms with E-state index in [0.717, 1.165) is 0 Å². The molecule has 0 unspecified atom stereocenters. The minimum Gasteiger partial charge on any atom is -0.312 e. The van der Waals surface area contributed by atoms with Crippen molar-refractivity contribution in [2.75, 3.05) is 0 Å². The van der Waals surface area contributed by atoms with E-state index in [4.69, 9.17) is 5.26 Å². The van der Waals surface area contributed by atoms with Gasteiger partial charge < -0.3 is 4.57 Å². The van der Waals surface area contributed by atoms with Crippen LogP contribution in [0.2, 0.25) is 0 Å². The minimum absolute atomic E-state index is 0.256. The van der Waals surface area contributed by atoms with Crippen LogP contribution < -0.4 is 11.2 Å². The van der Waals surface area contributed by atoms with Crippen molar-refractivity contribution < 1.29 is 0 Å². The second-order valence-corrected chi connectivity index (χ2v) is 4.14. The smallest absolute Gasteiger partial charge is 0.312 e. The zero-order valence-electron chi connectivity index (χ0n) is 8.90. The third-order valence-corrected chi connectivity index (χ3v) is 3.01. The Balaban J connectivity index is 2.83. The van der Waals surface area contributed by atoms with Gasteiger partial charge in [0.1, 0.15) is 0 Å². The summed E-state index contributed by atoms with van der Waals surface area (Å²) in [5, 5.41) is 8.56. The number of rotatable bonds is 2. The van der Waals surface area contributed by atoms with Crippen LogP contribution in [0.1, 0.15) is 6.42 Å². The number of aromatic amines is 1. The topological polar surface area (TPSA) is 96.5 Å². The van der Waals surface area contributed by atoms with Gasteiger partial charge in [0.05, 0.1) is 12.5 Å². The summed E-state index contributed by atoms with van der Waals surface area (Å²) in [6.07, 6.45) is 0.256. The number of H-pyrrole nitrogens is 1. The lowest BCUT2D eigenvalue weighted by Crippen LogP contribution is -2.29. The van der Waals surface area contributed by atoms with Crippen molar-refractivity contribution in [2.45, 2.75) is 13.0 Å². The maximum absolute atomic E-state index is 11.7. The van der Waals surface area contributed by atoms with E-state index in [1.165, 1.54) is 11.6 Å². The van der Waals surface area contributed by atoms with Gasteiger partial charge in [-0.3, -0.25) is 14.3 Å². The van der Waals surface area contributed by atoms with E-state index < -0.39 is 11.2 Å². The Morgan fingerprint density at radius 3 is 2.88 bits per heavy atom. The number of nitriles is 1. The largest absolute Gasteiger partial charge is 0.329 e. The Bertz CT molecular complexity index is 733. The normalized spacial score (nSPS) is 10.6. The van der Waals surface area contributed by atoms with Crippen LogP contribution in [0.4, 0.5) is 0 Å². The monoisotopic (exact) mass is 297 g/mol. The van der Waals surface area contributed by atoms with E-state index in [1.54, 1.807) is 4.57 Å². The molecule has 0 aromatic carbocycles. The highest BCUT2D eigenvalue weighted by atomic mass is 79.9. The van der Waals surface area contributed by atoms with E-state index in [9.17, 15) is 9.59 Å². The Labute approximate surface area is 103 Å². The molecule has 2 rings (SSSR count). The number of hydrogen-bond acceptors (Lipinski definition) is 4. The highest BCUT2D eigenvalue weighted by molar-refractivity contribution is 9.10. The summed E-state index contributed by atoms with van der Waals surface area (Å²) in [6.45, 7) is 0.342. The molecule has 0 saturated heterocycles. The Morgan fingerprint density at radius 2 is 2.24 bits per heavy atom. The number of nitrogens with zero attached hydrogens (tertiary/aromatic N) is 4. The summed E-state index contributed by atoms with van der Waals surface area (Å²) in [5.41, 5.74) is -0.433. The van der Waals surface area contributed by atoms with Gasteiger partial charge in [0.15, 0.2) is 15.9 Å². The van der Waals surface area contributed by atoms with Gasteiger partial charge in [-0.25, -0.2) is 9.78 Å². The molecule has 17 heavy (non-hydrogen) atoms. The molecule has 1 N–H and O–H groups in total. The zero-order valence-corrected chi connectivity index (χ0v) is 10.5. The summed E-state index contributed by atoms with van der Waals surface area (Å²) in [7, 11) is 1.52. The van der Waals surface area contributed by atoms with Crippen molar-refractivity contribution in [1.29, 1.82) is 5.26 Å². The summed E-state index contributed by atoms with van der Waals surface area (Å²) < 4.78 is 3.25. The van der Waals surface area contributed by atoms with Gasteiger partial charge in [-0.15, -0.1) is 0 Å². The lowest BCUT2D eigenvalue weighted by Gasteiger charge is -2.01. The third kappa shape index (κ3) is 1.78. The number of halogens is 1. The lowest BCUT2D eigenvalue weighted by atomic mass is 10.4. The van der Waals surface area contributed by atoms with Gasteiger partial charge in [-0.05, 0) is 15.9 Å². The molecule has 0 aliphatic rings. The minimum atomic E-state index is -0.514. The lowest BCUT2D eigenvalue weighted by molar-refractivity contribution is 0.715. The van der Waals surface area contributed by atoms with Crippen LogP contribution in [0.5, 0.6) is 0 Å². The molecule has 0 aliphatic heterocycles. The van der Waals surface area contributed by atoms with E-state index in [1.807, 2.05) is 6.07 Å². The molecule has 0 amide bonds. The second-order valence-electron chi connectivity index (χ2n) is 3.43. The summed E-state index contributed by atoms with van der Waals surface area (Å²) >= 11 is 3.21. The van der Waals surface area contributed by atoms with Crippen molar-refractivity contribution in [2.24, 2.45) is 7.05 Å². The number of hydrogen-bond donors (Lipinski definition) is 1. The van der Waals surface area contributed by atoms with Crippen molar-refractivity contribution in [3.63, 3.8) is 0 Å². The fraction of sp³-hybridized carbons (Fsp3) is 0.333. The first-order valence-corrected chi connectivity index (χ1v) is 5.57. The number of imidazole rings is 1. The molecule has 0 fully saturated rings. The zero-order chi connectivity index (χ0) is 12.6. The fourth-order valence-corrected chi connectivity index (χ4v) is 2.10. The average Bonchev–Trinajstić information content (AvgIpc) is 2.61. The van der Waals surface area contributed by atoms with Gasteiger partial charge in [0, 0.05) is 13.6 Å². The van der Waals surface area contributed by atoms with E-state index in [2.05, 4.69) is 25.9 Å². The molecule has 7 nitrogen and oxygen atoms in total. The molecule has 0 spiro atoms. The summed E-state index contributed by atoms with van der Waals surface area (Å²) in [5.74, 6) is 0. The number of nitrogens with one attached hydrogen (secondary N) is 1. The Morgan fingerprint density at radius 1 is 1.53 bits per heavy atom. The maximum Gasteiger partial charge on any atom is 0.329 e. The first-order chi connectivity index (χ1) is 8.06. The van der Waals surface area contributed by atoms with E-state index in [-0.39, 0.29) is 11.9 Å². The standard InChI is InChI=1S/C9H8BrN5O2/c1-14-6-5(7(16)13-9(14)17)15(4-2-3-11)8(10)12-6/h2,4H2,1H3,(H,13,16,17). The molecule has 2 aromatic rings. The van der Waals surface area contributed by atoms with Gasteiger partial charge in [-0.2, -0.15) is 5.26 Å². The SMILES string of the molecule is Cn1c(=O)[nH]c(=O)c2c1nc(Br)n2CCC#N. The highest BCUT2D eigenvalue weighted by Gasteiger charge is 2.15. The van der Waals surface area contributed by atoms with Crippen LogP contribution >= 0.6 is 15.9 Å². The fourth-order valence-electron chi connectivity index (χ4n) is 1.57. The molecule has 2 heterocycles. The summed E-state index contributed by atoms with van der Waals surface area (Å²) in [4.78, 5) is 29.4. The molecular weight excluding hydrogens is 290 g/mol. The molecule has 0 saturated carbocycles. The molecule has 2 aromatic heterocycles. The van der Waals surface area contributed by atoms with Gasteiger partial charge in [0.25, 0.3) is 5.56 Å². The van der Waals surface area contributed by atoms with Crippen LogP contribution in [-0.4, -0.2) is 19.1 Å². The van der Waals surface area contributed by atoms with Gasteiger partial charge >= 0.3 is 5.69 Å². The van der Waals surface area contributed by atoms with Crippen LogP contribution in [-0.2, 0) is 13.6 Å². The number of aromatic nitrogens is 4. The van der Waals surface area contributed by atoms with Crippen LogP contribution in [0.3, 0.4) is 0 Å². The quantitative estimate of drug-likeness (QED) is 0.795. The first-order valence-electron chi connectivity index (χ1n) is 4.78. The van der Waals surface area contributed by atoms with E-state index >= 15 is 0 Å². The first kappa shape index (κ1) is 11.6. The highest BCUT2D eigenvalue weighted by Crippen LogP contribution is 2.15. The molecule has 8 heteroatoms. The van der Waals surface area contributed by atoms with Crippen LogP contribution in [0.25, 0.3) is 11.2 Å². The molecule has 0 radical (unpaired) electrons. The molecule has 0 atom stereocenters. The van der Waals surface area contributed by atoms with E-state index in [0.29, 0.717) is 16.9 Å². The maximum atomic E-state index is 11.7. The molecule has 0 bridgehead atoms.